The van der Waals surface area contributed by atoms with E-state index >= 15 is 0 Å². The van der Waals surface area contributed by atoms with E-state index in [4.69, 9.17) is 0 Å². The molecule has 9 heteroatoms. The van der Waals surface area contributed by atoms with Crippen molar-refractivity contribution in [1.29, 1.82) is 0 Å². The molecule has 2 N–H and O–H groups in total. The van der Waals surface area contributed by atoms with Crippen molar-refractivity contribution in [1.82, 2.24) is 14.5 Å². The van der Waals surface area contributed by atoms with Crippen molar-refractivity contribution in [2.24, 2.45) is 0 Å². The van der Waals surface area contributed by atoms with Gasteiger partial charge in [-0.05, 0) is 49.9 Å². The topological polar surface area (TPSA) is 91.2 Å². The molecule has 1 aliphatic heterocycles. The van der Waals surface area contributed by atoms with E-state index in [1.165, 1.54) is 4.31 Å². The Kier molecular flexibility index (Phi) is 6.60. The first kappa shape index (κ1) is 21.7. The zero-order chi connectivity index (χ0) is 21.2. The second-order valence-electron chi connectivity index (χ2n) is 8.18. The first-order valence-electron chi connectivity index (χ1n) is 10.1. The van der Waals surface area contributed by atoms with Gasteiger partial charge in [0.2, 0.25) is 10.0 Å². The molecule has 3 rings (SSSR count). The smallest absolute Gasteiger partial charge is 0.277 e. The fourth-order valence-corrected chi connectivity index (χ4v) is 4.92. The zero-order valence-electron chi connectivity index (χ0n) is 17.4. The first-order valence-corrected chi connectivity index (χ1v) is 11.6. The summed E-state index contributed by atoms with van der Waals surface area (Å²) in [6, 6.07) is 5.48. The van der Waals surface area contributed by atoms with Crippen molar-refractivity contribution in [3.8, 4) is 0 Å². The van der Waals surface area contributed by atoms with Crippen molar-refractivity contribution >= 4 is 21.8 Å². The Morgan fingerprint density at radius 3 is 2.31 bits per heavy atom. The number of hydrogen-bond acceptors (Lipinski definition) is 4. The van der Waals surface area contributed by atoms with E-state index in [2.05, 4.69) is 5.32 Å². The number of rotatable bonds is 7. The standard InChI is InChI=1S/C20H30N4O4S/c1-15-4-7-18(12-16(15)2)29(27,28)24-10-8-23(9-11-24)20(26)14-22(3)13-19(25)21-17-5-6-17/h4,7,12,17H,5-6,8-11,13-14H2,1-3H3,(H,21,25)/p+1. The molecule has 8 nitrogen and oxygen atoms in total. The Hall–Kier alpha value is -1.97. The van der Waals surface area contributed by atoms with E-state index in [9.17, 15) is 18.0 Å². The molecule has 1 atom stereocenters. The molecule has 29 heavy (non-hydrogen) atoms. The van der Waals surface area contributed by atoms with Crippen LogP contribution in [0.3, 0.4) is 0 Å². The lowest BCUT2D eigenvalue weighted by Gasteiger charge is -2.34. The third-order valence-electron chi connectivity index (χ3n) is 5.57. The van der Waals surface area contributed by atoms with Gasteiger partial charge in [0, 0.05) is 32.2 Å². The van der Waals surface area contributed by atoms with E-state index in [1.54, 1.807) is 17.0 Å². The number of hydrogen-bond donors (Lipinski definition) is 2. The largest absolute Gasteiger partial charge is 0.348 e. The number of aryl methyl sites for hydroxylation is 2. The normalized spacial score (nSPS) is 19.1. The minimum atomic E-state index is -3.56. The van der Waals surface area contributed by atoms with Gasteiger partial charge in [0.1, 0.15) is 0 Å². The number of likely N-dealkylation sites (N-methyl/N-ethyl adjacent to an activating group) is 1. The molecule has 1 saturated heterocycles. The zero-order valence-corrected chi connectivity index (χ0v) is 18.2. The maximum Gasteiger partial charge on any atom is 0.277 e. The molecule has 1 aliphatic carbocycles. The molecule has 1 unspecified atom stereocenters. The monoisotopic (exact) mass is 423 g/mol. The number of sulfonamides is 1. The van der Waals surface area contributed by atoms with Gasteiger partial charge in [0.05, 0.1) is 11.9 Å². The van der Waals surface area contributed by atoms with Gasteiger partial charge in [-0.2, -0.15) is 4.31 Å². The lowest BCUT2D eigenvalue weighted by Crippen LogP contribution is -3.11. The summed E-state index contributed by atoms with van der Waals surface area (Å²) in [5.41, 5.74) is 1.99. The number of carbonyl (C=O) groups is 2. The Morgan fingerprint density at radius 2 is 1.72 bits per heavy atom. The SMILES string of the molecule is Cc1ccc(S(=O)(=O)N2CCN(C(=O)C[NH+](C)CC(=O)NC3CC3)CC2)cc1C. The molecule has 1 aromatic rings. The van der Waals surface area contributed by atoms with Crippen molar-refractivity contribution in [2.45, 2.75) is 37.6 Å². The van der Waals surface area contributed by atoms with E-state index in [1.807, 2.05) is 27.0 Å². The highest BCUT2D eigenvalue weighted by atomic mass is 32.2. The fraction of sp³-hybridized carbons (Fsp3) is 0.600. The number of nitrogens with one attached hydrogen (secondary N) is 2. The summed E-state index contributed by atoms with van der Waals surface area (Å²) < 4.78 is 27.2. The quantitative estimate of drug-likeness (QED) is 0.584. The number of quaternary nitrogens is 1. The van der Waals surface area contributed by atoms with Crippen LogP contribution in [0.2, 0.25) is 0 Å². The van der Waals surface area contributed by atoms with Crippen molar-refractivity contribution in [2.75, 3.05) is 46.3 Å². The maximum absolute atomic E-state index is 12.9. The van der Waals surface area contributed by atoms with Crippen LogP contribution in [0.25, 0.3) is 0 Å². The van der Waals surface area contributed by atoms with Gasteiger partial charge in [-0.25, -0.2) is 8.42 Å². The van der Waals surface area contributed by atoms with Gasteiger partial charge < -0.3 is 15.1 Å². The van der Waals surface area contributed by atoms with Crippen LogP contribution in [0.5, 0.6) is 0 Å². The molecule has 0 bridgehead atoms. The summed E-state index contributed by atoms with van der Waals surface area (Å²) >= 11 is 0. The summed E-state index contributed by atoms with van der Waals surface area (Å²) in [6.07, 6.45) is 2.08. The molecule has 2 aliphatic rings. The molecule has 1 saturated carbocycles. The van der Waals surface area contributed by atoms with Crippen molar-refractivity contribution in [3.63, 3.8) is 0 Å². The Morgan fingerprint density at radius 1 is 1.07 bits per heavy atom. The molecular formula is C20H31N4O4S+. The molecule has 2 amide bonds. The molecule has 1 aromatic carbocycles. The van der Waals surface area contributed by atoms with Gasteiger partial charge in [0.15, 0.2) is 13.1 Å². The van der Waals surface area contributed by atoms with Crippen LogP contribution < -0.4 is 10.2 Å². The van der Waals surface area contributed by atoms with E-state index in [0.717, 1.165) is 28.9 Å². The third-order valence-corrected chi connectivity index (χ3v) is 7.46. The minimum absolute atomic E-state index is 0.0258. The number of benzene rings is 1. The number of nitrogens with zero attached hydrogens (tertiary/aromatic N) is 2. The van der Waals surface area contributed by atoms with Gasteiger partial charge >= 0.3 is 0 Å². The predicted octanol–water partition coefficient (Wildman–Crippen LogP) is -1.07. The highest BCUT2D eigenvalue weighted by molar-refractivity contribution is 7.89. The molecular weight excluding hydrogens is 392 g/mol. The van der Waals surface area contributed by atoms with Gasteiger partial charge in [-0.1, -0.05) is 6.07 Å². The lowest BCUT2D eigenvalue weighted by molar-refractivity contribution is -0.863. The van der Waals surface area contributed by atoms with E-state index in [-0.39, 0.29) is 38.0 Å². The second-order valence-corrected chi connectivity index (χ2v) is 10.1. The number of piperazine rings is 1. The Labute approximate surface area is 172 Å². The van der Waals surface area contributed by atoms with Gasteiger partial charge in [0.25, 0.3) is 11.8 Å². The van der Waals surface area contributed by atoms with Crippen LogP contribution >= 0.6 is 0 Å². The highest BCUT2D eigenvalue weighted by Gasteiger charge is 2.31. The molecule has 0 aromatic heterocycles. The Balaban J connectivity index is 1.50. The molecule has 0 radical (unpaired) electrons. The van der Waals surface area contributed by atoms with Crippen LogP contribution in [0.4, 0.5) is 0 Å². The van der Waals surface area contributed by atoms with Crippen molar-refractivity contribution < 1.29 is 22.9 Å². The average molecular weight is 424 g/mol. The van der Waals surface area contributed by atoms with E-state index in [0.29, 0.717) is 24.0 Å². The van der Waals surface area contributed by atoms with E-state index < -0.39 is 10.0 Å². The summed E-state index contributed by atoms with van der Waals surface area (Å²) in [5.74, 6) is -0.0768. The number of amides is 2. The maximum atomic E-state index is 12.9. The lowest BCUT2D eigenvalue weighted by atomic mass is 10.1. The Bertz CT molecular complexity index is 874. The number of carbonyl (C=O) groups excluding carboxylic acids is 2. The molecule has 1 heterocycles. The van der Waals surface area contributed by atoms with Crippen LogP contribution in [-0.2, 0) is 19.6 Å². The summed E-state index contributed by atoms with van der Waals surface area (Å²) in [4.78, 5) is 27.2. The van der Waals surface area contributed by atoms with Gasteiger partial charge in [-0.3, -0.25) is 9.59 Å². The average Bonchev–Trinajstić information content (AvgIpc) is 3.47. The summed E-state index contributed by atoms with van der Waals surface area (Å²) in [7, 11) is -1.73. The summed E-state index contributed by atoms with van der Waals surface area (Å²) in [6.45, 7) is 5.63. The van der Waals surface area contributed by atoms with Crippen LogP contribution in [0.1, 0.15) is 24.0 Å². The molecule has 2 fully saturated rings. The fourth-order valence-electron chi connectivity index (χ4n) is 3.41. The molecule has 0 spiro atoms. The minimum Gasteiger partial charge on any atom is -0.348 e. The van der Waals surface area contributed by atoms with Crippen LogP contribution in [0, 0.1) is 13.8 Å². The molecule has 160 valence electrons. The second kappa shape index (κ2) is 8.81. The first-order chi connectivity index (χ1) is 13.7. The highest BCUT2D eigenvalue weighted by Crippen LogP contribution is 2.20. The third kappa shape index (κ3) is 5.55. The van der Waals surface area contributed by atoms with Gasteiger partial charge in [-0.15, -0.1) is 0 Å². The van der Waals surface area contributed by atoms with Crippen LogP contribution in [-0.4, -0.2) is 81.8 Å². The van der Waals surface area contributed by atoms with Crippen molar-refractivity contribution in [3.05, 3.63) is 29.3 Å². The summed E-state index contributed by atoms with van der Waals surface area (Å²) in [5, 5.41) is 2.92. The predicted molar refractivity (Wildman–Crippen MR) is 109 cm³/mol. The van der Waals surface area contributed by atoms with Crippen LogP contribution in [0.15, 0.2) is 23.1 Å².